The summed E-state index contributed by atoms with van der Waals surface area (Å²) in [5, 5.41) is 3.27. The van der Waals surface area contributed by atoms with Crippen LogP contribution >= 0.6 is 15.9 Å². The van der Waals surface area contributed by atoms with E-state index in [0.717, 1.165) is 26.8 Å². The summed E-state index contributed by atoms with van der Waals surface area (Å²) in [7, 11) is 0. The topological polar surface area (TPSA) is 86.5 Å². The highest BCUT2D eigenvalue weighted by atomic mass is 79.9. The van der Waals surface area contributed by atoms with E-state index in [9.17, 15) is 4.79 Å². The molecule has 0 spiro atoms. The number of nitrogens with one attached hydrogen (secondary N) is 3. The van der Waals surface area contributed by atoms with Gasteiger partial charge in [0.05, 0.1) is 16.7 Å². The second-order valence-electron chi connectivity index (χ2n) is 4.06. The molecule has 3 aromatic rings. The first-order chi connectivity index (χ1) is 9.22. The van der Waals surface area contributed by atoms with Crippen LogP contribution in [0.3, 0.4) is 0 Å². The fourth-order valence-corrected chi connectivity index (χ4v) is 2.29. The number of hydrogen-bond donors (Lipinski definition) is 3. The Morgan fingerprint density at radius 3 is 2.58 bits per heavy atom. The van der Waals surface area contributed by atoms with Gasteiger partial charge < -0.3 is 15.3 Å². The van der Waals surface area contributed by atoms with Gasteiger partial charge in [-0.25, -0.2) is 14.8 Å². The number of hydrogen-bond acceptors (Lipinski definition) is 4. The molecule has 19 heavy (non-hydrogen) atoms. The molecule has 3 rings (SSSR count). The summed E-state index contributed by atoms with van der Waals surface area (Å²) in [5.74, 6) is 0. The largest absolute Gasteiger partial charge is 0.380 e. The fraction of sp³-hybridized carbons (Fsp3) is 0.0833. The lowest BCUT2D eigenvalue weighted by Crippen LogP contribution is -2.01. The van der Waals surface area contributed by atoms with Crippen LogP contribution in [0.25, 0.3) is 11.0 Å². The van der Waals surface area contributed by atoms with E-state index in [2.05, 4.69) is 41.2 Å². The predicted octanol–water partition coefficient (Wildman–Crippen LogP) is 2.02. The van der Waals surface area contributed by atoms with E-state index < -0.39 is 0 Å². The number of fused-ring (bicyclic) bond motifs is 1. The molecule has 0 bridgehead atoms. The van der Waals surface area contributed by atoms with Crippen molar-refractivity contribution in [3.8, 4) is 0 Å². The molecular weight excluding hydrogens is 310 g/mol. The second kappa shape index (κ2) is 4.85. The zero-order valence-electron chi connectivity index (χ0n) is 9.77. The van der Waals surface area contributed by atoms with E-state index in [1.165, 1.54) is 6.33 Å². The van der Waals surface area contributed by atoms with Gasteiger partial charge in [-0.1, -0.05) is 0 Å². The van der Waals surface area contributed by atoms with Crippen LogP contribution in [0.1, 0.15) is 5.56 Å². The average molecular weight is 320 g/mol. The minimum absolute atomic E-state index is 0.212. The van der Waals surface area contributed by atoms with Gasteiger partial charge >= 0.3 is 5.69 Å². The number of anilines is 1. The molecule has 0 unspecified atom stereocenters. The van der Waals surface area contributed by atoms with Crippen LogP contribution in [0.4, 0.5) is 5.69 Å². The highest BCUT2D eigenvalue weighted by Crippen LogP contribution is 2.26. The lowest BCUT2D eigenvalue weighted by molar-refractivity contribution is 1.05. The first-order valence-corrected chi connectivity index (χ1v) is 6.41. The van der Waals surface area contributed by atoms with Gasteiger partial charge in [0, 0.05) is 29.0 Å². The molecule has 7 heteroatoms. The smallest absolute Gasteiger partial charge is 0.323 e. The number of benzene rings is 1. The average Bonchev–Trinajstić information content (AvgIpc) is 2.76. The quantitative estimate of drug-likeness (QED) is 0.689. The van der Waals surface area contributed by atoms with Crippen molar-refractivity contribution < 1.29 is 0 Å². The highest BCUT2D eigenvalue weighted by Gasteiger charge is 2.05. The Labute approximate surface area is 116 Å². The van der Waals surface area contributed by atoms with Gasteiger partial charge in [0.1, 0.15) is 6.33 Å². The van der Waals surface area contributed by atoms with Crippen molar-refractivity contribution in [2.45, 2.75) is 6.54 Å². The lowest BCUT2D eigenvalue weighted by atomic mass is 10.2. The predicted molar refractivity (Wildman–Crippen MR) is 76.0 cm³/mol. The van der Waals surface area contributed by atoms with Crippen molar-refractivity contribution in [2.24, 2.45) is 0 Å². The van der Waals surface area contributed by atoms with Gasteiger partial charge in [0.15, 0.2) is 0 Å². The third kappa shape index (κ3) is 2.50. The molecule has 0 amide bonds. The van der Waals surface area contributed by atoms with Crippen molar-refractivity contribution in [1.82, 2.24) is 19.9 Å². The summed E-state index contributed by atoms with van der Waals surface area (Å²) >= 11 is 3.47. The van der Waals surface area contributed by atoms with Crippen LogP contribution in [-0.4, -0.2) is 19.9 Å². The van der Waals surface area contributed by atoms with Crippen LogP contribution < -0.4 is 11.0 Å². The maximum Gasteiger partial charge on any atom is 0.323 e. The summed E-state index contributed by atoms with van der Waals surface area (Å²) in [5.41, 5.74) is 3.20. The highest BCUT2D eigenvalue weighted by molar-refractivity contribution is 9.10. The molecule has 0 aliphatic heterocycles. The zero-order valence-corrected chi connectivity index (χ0v) is 11.4. The minimum atomic E-state index is -0.212. The molecule has 0 radical (unpaired) electrons. The van der Waals surface area contributed by atoms with Crippen molar-refractivity contribution >= 4 is 32.7 Å². The van der Waals surface area contributed by atoms with Crippen molar-refractivity contribution in [1.29, 1.82) is 0 Å². The molecule has 0 saturated heterocycles. The first kappa shape index (κ1) is 11.9. The number of imidazole rings is 1. The van der Waals surface area contributed by atoms with Crippen LogP contribution in [0.5, 0.6) is 0 Å². The minimum Gasteiger partial charge on any atom is -0.380 e. The van der Waals surface area contributed by atoms with Gasteiger partial charge in [-0.3, -0.25) is 0 Å². The van der Waals surface area contributed by atoms with Gasteiger partial charge in [-0.2, -0.15) is 0 Å². The Balaban J connectivity index is 1.88. The maximum absolute atomic E-state index is 11.2. The van der Waals surface area contributed by atoms with Gasteiger partial charge in [0.2, 0.25) is 0 Å². The zero-order chi connectivity index (χ0) is 13.2. The number of aromatic nitrogens is 4. The Kier molecular flexibility index (Phi) is 3.04. The molecule has 1 aromatic carbocycles. The molecule has 2 heterocycles. The number of H-pyrrole nitrogens is 2. The van der Waals surface area contributed by atoms with Crippen LogP contribution in [-0.2, 0) is 6.54 Å². The van der Waals surface area contributed by atoms with Gasteiger partial charge in [-0.05, 0) is 28.1 Å². The Hall–Kier alpha value is -2.15. The lowest BCUT2D eigenvalue weighted by Gasteiger charge is -2.08. The number of halogens is 1. The molecule has 0 fully saturated rings. The van der Waals surface area contributed by atoms with Crippen LogP contribution in [0.2, 0.25) is 0 Å². The third-order valence-corrected chi connectivity index (χ3v) is 3.36. The summed E-state index contributed by atoms with van der Waals surface area (Å²) in [6, 6.07) is 3.73. The van der Waals surface area contributed by atoms with Crippen molar-refractivity contribution in [3.63, 3.8) is 0 Å². The number of nitrogens with zero attached hydrogens (tertiary/aromatic N) is 2. The fourth-order valence-electron chi connectivity index (χ4n) is 1.81. The van der Waals surface area contributed by atoms with E-state index in [4.69, 9.17) is 0 Å². The maximum atomic E-state index is 11.2. The van der Waals surface area contributed by atoms with Gasteiger partial charge in [0.25, 0.3) is 0 Å². The van der Waals surface area contributed by atoms with Crippen molar-refractivity contribution in [3.05, 3.63) is 51.4 Å². The Morgan fingerprint density at radius 2 is 1.84 bits per heavy atom. The monoisotopic (exact) mass is 319 g/mol. The van der Waals surface area contributed by atoms with Crippen LogP contribution in [0.15, 0.2) is 40.1 Å². The molecular formula is C12H10BrN5O. The van der Waals surface area contributed by atoms with E-state index in [1.807, 2.05) is 12.1 Å². The first-order valence-electron chi connectivity index (χ1n) is 5.62. The molecule has 3 N–H and O–H groups in total. The van der Waals surface area contributed by atoms with Crippen molar-refractivity contribution in [2.75, 3.05) is 5.32 Å². The van der Waals surface area contributed by atoms with Gasteiger partial charge in [-0.15, -0.1) is 0 Å². The third-order valence-electron chi connectivity index (χ3n) is 2.70. The van der Waals surface area contributed by atoms with E-state index in [1.54, 1.807) is 12.4 Å². The molecule has 6 nitrogen and oxygen atoms in total. The molecule has 2 aromatic heterocycles. The molecule has 0 aliphatic carbocycles. The Morgan fingerprint density at radius 1 is 1.16 bits per heavy atom. The number of aromatic amines is 2. The summed E-state index contributed by atoms with van der Waals surface area (Å²) in [6.07, 6.45) is 5.01. The molecule has 0 saturated carbocycles. The molecule has 0 atom stereocenters. The second-order valence-corrected chi connectivity index (χ2v) is 4.91. The normalized spacial score (nSPS) is 10.8. The van der Waals surface area contributed by atoms with Crippen LogP contribution in [0, 0.1) is 0 Å². The standard InChI is InChI=1S/C12H10BrN5O/c13-8-1-10-11(18-12(19)17-10)2-9(8)16-5-7-3-14-6-15-4-7/h1-4,6,16H,5H2,(H2,17,18,19). The molecule has 96 valence electrons. The number of rotatable bonds is 3. The van der Waals surface area contributed by atoms with E-state index in [-0.39, 0.29) is 5.69 Å². The molecule has 0 aliphatic rings. The SMILES string of the molecule is O=c1[nH]c2cc(Br)c(NCc3cncnc3)cc2[nH]1. The van der Waals surface area contributed by atoms with E-state index >= 15 is 0 Å². The Bertz CT molecular complexity index is 765. The van der Waals surface area contributed by atoms with E-state index in [0.29, 0.717) is 6.54 Å². The summed E-state index contributed by atoms with van der Waals surface area (Å²) in [4.78, 5) is 24.6. The summed E-state index contributed by atoms with van der Waals surface area (Å²) in [6.45, 7) is 0.611. The summed E-state index contributed by atoms with van der Waals surface area (Å²) < 4.78 is 0.882.